The molecule has 0 saturated carbocycles. The molecule has 0 spiro atoms. The Balaban J connectivity index is 1.74. The van der Waals surface area contributed by atoms with Gasteiger partial charge in [0.1, 0.15) is 11.4 Å². The van der Waals surface area contributed by atoms with Crippen molar-refractivity contribution < 1.29 is 19.4 Å². The van der Waals surface area contributed by atoms with Gasteiger partial charge >= 0.3 is 0 Å². The van der Waals surface area contributed by atoms with Crippen molar-refractivity contribution in [2.75, 3.05) is 20.2 Å². The van der Waals surface area contributed by atoms with Crippen LogP contribution in [-0.4, -0.2) is 57.4 Å². The van der Waals surface area contributed by atoms with Crippen molar-refractivity contribution in [3.63, 3.8) is 0 Å². The van der Waals surface area contributed by atoms with E-state index in [1.165, 1.54) is 4.90 Å². The van der Waals surface area contributed by atoms with Crippen LogP contribution >= 0.6 is 0 Å². The minimum Gasteiger partial charge on any atom is -0.491 e. The fraction of sp³-hybridized carbons (Fsp3) is 0.316. The molecule has 2 aromatic rings. The van der Waals surface area contributed by atoms with Gasteiger partial charge in [-0.25, -0.2) is 4.68 Å². The quantitative estimate of drug-likeness (QED) is 0.682. The van der Waals surface area contributed by atoms with E-state index in [-0.39, 0.29) is 12.1 Å². The molecular weight excluding hydrogens is 348 g/mol. The van der Waals surface area contributed by atoms with Crippen LogP contribution in [0, 0.1) is 11.8 Å². The van der Waals surface area contributed by atoms with Crippen LogP contribution in [0.15, 0.2) is 24.3 Å². The van der Waals surface area contributed by atoms with Gasteiger partial charge in [-0.2, -0.15) is 5.10 Å². The summed E-state index contributed by atoms with van der Waals surface area (Å²) in [4.78, 5) is 25.0. The number of nitrogens with two attached hydrogens (primary N) is 1. The summed E-state index contributed by atoms with van der Waals surface area (Å²) in [6.07, 6.45) is 0.852. The molecule has 27 heavy (non-hydrogen) atoms. The van der Waals surface area contributed by atoms with E-state index in [1.54, 1.807) is 36.0 Å². The molecule has 8 nitrogen and oxygen atoms in total. The summed E-state index contributed by atoms with van der Waals surface area (Å²) in [5.41, 5.74) is 5.89. The predicted octanol–water partition coefficient (Wildman–Crippen LogP) is -0.149. The highest BCUT2D eigenvalue weighted by molar-refractivity contribution is 5.91. The molecule has 3 N–H and O–H groups in total. The van der Waals surface area contributed by atoms with Crippen LogP contribution in [-0.2, 0) is 11.2 Å². The first-order valence-electron chi connectivity index (χ1n) is 8.54. The summed E-state index contributed by atoms with van der Waals surface area (Å²) in [6, 6.07) is 6.91. The molecule has 0 radical (unpaired) electrons. The molecule has 2 aliphatic heterocycles. The molecule has 138 valence electrons. The number of rotatable bonds is 1. The van der Waals surface area contributed by atoms with Gasteiger partial charge < -0.3 is 20.5 Å². The van der Waals surface area contributed by atoms with Crippen molar-refractivity contribution in [2.45, 2.75) is 18.4 Å². The van der Waals surface area contributed by atoms with Gasteiger partial charge in [0.2, 0.25) is 5.60 Å². The van der Waals surface area contributed by atoms with Crippen molar-refractivity contribution in [3.05, 3.63) is 41.2 Å². The molecule has 4 rings (SSSR count). The van der Waals surface area contributed by atoms with Gasteiger partial charge in [0.25, 0.3) is 11.8 Å². The third kappa shape index (κ3) is 2.92. The maximum atomic E-state index is 12.1. The van der Waals surface area contributed by atoms with Crippen LogP contribution in [0.3, 0.4) is 0 Å². The topological polar surface area (TPSA) is 111 Å². The summed E-state index contributed by atoms with van der Waals surface area (Å²) >= 11 is 0. The first-order chi connectivity index (χ1) is 12.9. The van der Waals surface area contributed by atoms with Gasteiger partial charge in [0, 0.05) is 37.7 Å². The maximum absolute atomic E-state index is 12.1. The molecule has 1 aromatic heterocycles. The molecule has 1 atom stereocenters. The second kappa shape index (κ2) is 6.14. The van der Waals surface area contributed by atoms with Crippen molar-refractivity contribution in [1.29, 1.82) is 0 Å². The Morgan fingerprint density at radius 3 is 2.93 bits per heavy atom. The lowest BCUT2D eigenvalue weighted by molar-refractivity contribution is -0.137. The number of ether oxygens (including phenoxy) is 1. The average Bonchev–Trinajstić information content (AvgIpc) is 3.13. The summed E-state index contributed by atoms with van der Waals surface area (Å²) in [5, 5.41) is 14.7. The van der Waals surface area contributed by atoms with E-state index in [2.05, 4.69) is 16.9 Å². The molecule has 1 aromatic carbocycles. The van der Waals surface area contributed by atoms with Crippen LogP contribution in [0.1, 0.15) is 28.2 Å². The number of amides is 2. The van der Waals surface area contributed by atoms with Gasteiger partial charge in [-0.05, 0) is 24.3 Å². The van der Waals surface area contributed by atoms with Crippen molar-refractivity contribution in [2.24, 2.45) is 5.73 Å². The average molecular weight is 366 g/mol. The van der Waals surface area contributed by atoms with E-state index in [0.717, 1.165) is 5.69 Å². The minimum absolute atomic E-state index is 0.184. The summed E-state index contributed by atoms with van der Waals surface area (Å²) in [7, 11) is 1.64. The molecule has 2 amide bonds. The Labute approximate surface area is 155 Å². The number of primary amides is 1. The fourth-order valence-corrected chi connectivity index (χ4v) is 3.22. The van der Waals surface area contributed by atoms with E-state index < -0.39 is 17.4 Å². The molecule has 0 aliphatic carbocycles. The smallest absolute Gasteiger partial charge is 0.269 e. The lowest BCUT2D eigenvalue weighted by Gasteiger charge is -2.13. The highest BCUT2D eigenvalue weighted by Crippen LogP contribution is 2.29. The van der Waals surface area contributed by atoms with E-state index in [0.29, 0.717) is 36.6 Å². The maximum Gasteiger partial charge on any atom is 0.269 e. The molecule has 1 saturated heterocycles. The number of aliphatic hydroxyl groups is 1. The summed E-state index contributed by atoms with van der Waals surface area (Å²) in [6.45, 7) is 0.914. The van der Waals surface area contributed by atoms with Gasteiger partial charge in [-0.15, -0.1) is 0 Å². The zero-order chi connectivity index (χ0) is 19.2. The Kier molecular flexibility index (Phi) is 3.89. The Hall–Kier alpha value is -3.31. The van der Waals surface area contributed by atoms with Crippen molar-refractivity contribution in [1.82, 2.24) is 14.7 Å². The second-order valence-corrected chi connectivity index (χ2v) is 6.66. The Morgan fingerprint density at radius 1 is 1.41 bits per heavy atom. The fourth-order valence-electron chi connectivity index (χ4n) is 3.22. The van der Waals surface area contributed by atoms with Crippen molar-refractivity contribution in [3.8, 4) is 23.3 Å². The second-order valence-electron chi connectivity index (χ2n) is 6.66. The summed E-state index contributed by atoms with van der Waals surface area (Å²) in [5.74, 6) is 5.18. The van der Waals surface area contributed by atoms with E-state index in [9.17, 15) is 14.7 Å². The van der Waals surface area contributed by atoms with Crippen LogP contribution in [0.2, 0.25) is 0 Å². The number of likely N-dealkylation sites (tertiary alicyclic amines) is 1. The SMILES string of the molecule is CN1CC[C@@](O)(C#Cc2ccc3c(c2)-n2nc(C(N)=O)cc2CCO3)C1=O. The van der Waals surface area contributed by atoms with Gasteiger partial charge in [-0.1, -0.05) is 11.8 Å². The lowest BCUT2D eigenvalue weighted by atomic mass is 10.0. The number of hydrogen-bond acceptors (Lipinski definition) is 5. The Morgan fingerprint density at radius 2 is 2.22 bits per heavy atom. The standard InChI is InChI=1S/C19H18N4O4/c1-22-8-7-19(26,18(22)25)6-4-12-2-3-16-15(10-12)23-13(5-9-27-16)11-14(21-23)17(20)24/h2-3,10-11,26H,5,7-9H2,1H3,(H2,20,24)/t19-/m0/s1. The minimum atomic E-state index is -1.66. The predicted molar refractivity (Wildman–Crippen MR) is 95.4 cm³/mol. The third-order valence-corrected chi connectivity index (χ3v) is 4.76. The van der Waals surface area contributed by atoms with Crippen LogP contribution in [0.5, 0.6) is 5.75 Å². The molecule has 1 fully saturated rings. The number of fused-ring (bicyclic) bond motifs is 3. The normalized spacial score (nSPS) is 20.8. The number of hydrogen-bond donors (Lipinski definition) is 2. The zero-order valence-corrected chi connectivity index (χ0v) is 14.7. The van der Waals surface area contributed by atoms with Gasteiger partial charge in [0.15, 0.2) is 5.69 Å². The molecule has 0 bridgehead atoms. The van der Waals surface area contributed by atoms with E-state index in [4.69, 9.17) is 10.5 Å². The first kappa shape index (κ1) is 17.1. The highest BCUT2D eigenvalue weighted by atomic mass is 16.5. The van der Waals surface area contributed by atoms with Crippen molar-refractivity contribution >= 4 is 11.8 Å². The number of nitrogens with zero attached hydrogens (tertiary/aromatic N) is 3. The molecule has 0 unspecified atom stereocenters. The Bertz CT molecular complexity index is 1020. The first-order valence-corrected chi connectivity index (χ1v) is 8.54. The zero-order valence-electron chi connectivity index (χ0n) is 14.7. The summed E-state index contributed by atoms with van der Waals surface area (Å²) < 4.78 is 7.36. The third-order valence-electron chi connectivity index (χ3n) is 4.76. The molecule has 8 heteroatoms. The number of benzene rings is 1. The number of carbonyl (C=O) groups is 2. The number of carbonyl (C=O) groups excluding carboxylic acids is 2. The van der Waals surface area contributed by atoms with Gasteiger partial charge in [0.05, 0.1) is 6.61 Å². The van der Waals surface area contributed by atoms with Crippen LogP contribution in [0.4, 0.5) is 0 Å². The monoisotopic (exact) mass is 366 g/mol. The number of likely N-dealkylation sites (N-methyl/N-ethyl adjacent to an activating group) is 1. The lowest BCUT2D eigenvalue weighted by Crippen LogP contribution is -2.37. The number of aromatic nitrogens is 2. The van der Waals surface area contributed by atoms with E-state index in [1.807, 2.05) is 0 Å². The molecule has 3 heterocycles. The van der Waals surface area contributed by atoms with Crippen LogP contribution < -0.4 is 10.5 Å². The molecule has 2 aliphatic rings. The highest BCUT2D eigenvalue weighted by Gasteiger charge is 2.42. The van der Waals surface area contributed by atoms with Gasteiger partial charge in [-0.3, -0.25) is 9.59 Å². The van der Waals surface area contributed by atoms with Crippen LogP contribution in [0.25, 0.3) is 5.69 Å². The molecular formula is C19H18N4O4. The largest absolute Gasteiger partial charge is 0.491 e. The van der Waals surface area contributed by atoms with E-state index >= 15 is 0 Å².